The number of carbonyl (C=O) groups is 2. The van der Waals surface area contributed by atoms with Gasteiger partial charge in [0.2, 0.25) is 5.91 Å². The summed E-state index contributed by atoms with van der Waals surface area (Å²) in [6.45, 7) is 0. The molecular formula is C17H13NO3. The van der Waals surface area contributed by atoms with Crippen LogP contribution in [0.5, 0.6) is 0 Å². The lowest BCUT2D eigenvalue weighted by molar-refractivity contribution is 0.0597. The van der Waals surface area contributed by atoms with Crippen molar-refractivity contribution in [2.24, 2.45) is 5.73 Å². The molecule has 1 amide bonds. The van der Waals surface area contributed by atoms with Crippen molar-refractivity contribution >= 4 is 33.4 Å². The summed E-state index contributed by atoms with van der Waals surface area (Å²) in [5, 5.41) is 3.61. The van der Waals surface area contributed by atoms with Gasteiger partial charge in [-0.1, -0.05) is 42.5 Å². The van der Waals surface area contributed by atoms with Crippen LogP contribution in [0.15, 0.2) is 48.5 Å². The first-order valence-electron chi connectivity index (χ1n) is 6.46. The molecule has 0 spiro atoms. The number of rotatable bonds is 2. The van der Waals surface area contributed by atoms with E-state index in [0.717, 1.165) is 16.2 Å². The number of nitrogens with two attached hydrogens (primary N) is 1. The maximum Gasteiger partial charge on any atom is 0.338 e. The van der Waals surface area contributed by atoms with E-state index in [9.17, 15) is 9.59 Å². The number of primary amides is 1. The van der Waals surface area contributed by atoms with Crippen molar-refractivity contribution < 1.29 is 14.3 Å². The molecule has 0 bridgehead atoms. The minimum absolute atomic E-state index is 0.188. The molecule has 0 saturated heterocycles. The van der Waals surface area contributed by atoms with Crippen LogP contribution in [-0.2, 0) is 4.74 Å². The van der Waals surface area contributed by atoms with Crippen LogP contribution in [0.3, 0.4) is 0 Å². The van der Waals surface area contributed by atoms with Gasteiger partial charge in [0.1, 0.15) is 0 Å². The van der Waals surface area contributed by atoms with Crippen molar-refractivity contribution in [2.45, 2.75) is 0 Å². The Hall–Kier alpha value is -2.88. The molecule has 0 atom stereocenters. The van der Waals surface area contributed by atoms with Crippen molar-refractivity contribution in [3.63, 3.8) is 0 Å². The Morgan fingerprint density at radius 1 is 0.905 bits per heavy atom. The summed E-state index contributed by atoms with van der Waals surface area (Å²) < 4.78 is 4.72. The van der Waals surface area contributed by atoms with Crippen molar-refractivity contribution in [3.8, 4) is 0 Å². The van der Waals surface area contributed by atoms with Gasteiger partial charge < -0.3 is 10.5 Å². The number of ether oxygens (including phenoxy) is 1. The van der Waals surface area contributed by atoms with Gasteiger partial charge in [-0.3, -0.25) is 4.79 Å². The standard InChI is InChI=1S/C17H13NO3/c1-21-17(20)14-9-8-12-11-5-3-2-4-10(11)6-7-13(12)15(14)16(18)19/h2-9H,1H3,(H2,18,19). The van der Waals surface area contributed by atoms with E-state index >= 15 is 0 Å². The molecule has 0 fully saturated rings. The topological polar surface area (TPSA) is 69.4 Å². The van der Waals surface area contributed by atoms with E-state index in [2.05, 4.69) is 0 Å². The molecule has 0 saturated carbocycles. The van der Waals surface area contributed by atoms with E-state index in [4.69, 9.17) is 10.5 Å². The van der Waals surface area contributed by atoms with E-state index in [-0.39, 0.29) is 11.1 Å². The first-order valence-corrected chi connectivity index (χ1v) is 6.46. The van der Waals surface area contributed by atoms with Gasteiger partial charge in [-0.25, -0.2) is 4.79 Å². The Kier molecular flexibility index (Phi) is 3.06. The zero-order chi connectivity index (χ0) is 15.0. The molecule has 3 aromatic rings. The fourth-order valence-corrected chi connectivity index (χ4v) is 2.63. The Morgan fingerprint density at radius 3 is 2.33 bits per heavy atom. The third kappa shape index (κ3) is 2.01. The van der Waals surface area contributed by atoms with Crippen LogP contribution in [0.4, 0.5) is 0 Å². The number of fused-ring (bicyclic) bond motifs is 3. The Bertz CT molecular complexity index is 884. The monoisotopic (exact) mass is 279 g/mol. The maximum absolute atomic E-state index is 11.8. The SMILES string of the molecule is COC(=O)c1ccc2c(ccc3ccccc32)c1C(N)=O. The van der Waals surface area contributed by atoms with Crippen molar-refractivity contribution in [1.82, 2.24) is 0 Å². The highest BCUT2D eigenvalue weighted by atomic mass is 16.5. The predicted octanol–water partition coefficient (Wildman–Crippen LogP) is 2.88. The molecule has 0 radical (unpaired) electrons. The zero-order valence-corrected chi connectivity index (χ0v) is 11.4. The molecule has 0 aromatic heterocycles. The van der Waals surface area contributed by atoms with E-state index in [1.807, 2.05) is 42.5 Å². The largest absolute Gasteiger partial charge is 0.465 e. The fourth-order valence-electron chi connectivity index (χ4n) is 2.63. The zero-order valence-electron chi connectivity index (χ0n) is 11.4. The smallest absolute Gasteiger partial charge is 0.338 e. The van der Waals surface area contributed by atoms with Crippen LogP contribution in [0.2, 0.25) is 0 Å². The normalized spacial score (nSPS) is 10.7. The average molecular weight is 279 g/mol. The Balaban J connectivity index is 2.46. The summed E-state index contributed by atoms with van der Waals surface area (Å²) in [6.07, 6.45) is 0. The minimum atomic E-state index is -0.642. The van der Waals surface area contributed by atoms with Gasteiger partial charge in [-0.05, 0) is 27.6 Å². The fraction of sp³-hybridized carbons (Fsp3) is 0.0588. The van der Waals surface area contributed by atoms with Crippen LogP contribution >= 0.6 is 0 Å². The highest BCUT2D eigenvalue weighted by Gasteiger charge is 2.19. The van der Waals surface area contributed by atoms with Crippen LogP contribution < -0.4 is 5.73 Å². The van der Waals surface area contributed by atoms with Gasteiger partial charge in [0.05, 0.1) is 18.2 Å². The Morgan fingerprint density at radius 2 is 1.62 bits per heavy atom. The number of benzene rings is 3. The van der Waals surface area contributed by atoms with Gasteiger partial charge in [-0.2, -0.15) is 0 Å². The van der Waals surface area contributed by atoms with Gasteiger partial charge in [-0.15, -0.1) is 0 Å². The van der Waals surface area contributed by atoms with E-state index in [1.165, 1.54) is 7.11 Å². The molecule has 2 N–H and O–H groups in total. The molecule has 4 nitrogen and oxygen atoms in total. The maximum atomic E-state index is 11.8. The molecule has 21 heavy (non-hydrogen) atoms. The van der Waals surface area contributed by atoms with Gasteiger partial charge in [0.15, 0.2) is 0 Å². The van der Waals surface area contributed by atoms with Gasteiger partial charge in [0.25, 0.3) is 0 Å². The van der Waals surface area contributed by atoms with Crippen molar-refractivity contribution in [2.75, 3.05) is 7.11 Å². The lowest BCUT2D eigenvalue weighted by Gasteiger charge is -2.11. The summed E-state index contributed by atoms with van der Waals surface area (Å²) in [6, 6.07) is 15.0. The van der Waals surface area contributed by atoms with Crippen molar-refractivity contribution in [3.05, 3.63) is 59.7 Å². The minimum Gasteiger partial charge on any atom is -0.465 e. The summed E-state index contributed by atoms with van der Waals surface area (Å²) in [7, 11) is 1.28. The van der Waals surface area contributed by atoms with Gasteiger partial charge in [0, 0.05) is 0 Å². The van der Waals surface area contributed by atoms with Crippen molar-refractivity contribution in [1.29, 1.82) is 0 Å². The van der Waals surface area contributed by atoms with E-state index in [0.29, 0.717) is 5.39 Å². The molecule has 3 rings (SSSR count). The van der Waals surface area contributed by atoms with Crippen LogP contribution in [0.1, 0.15) is 20.7 Å². The number of methoxy groups -OCH3 is 1. The number of hydrogen-bond acceptors (Lipinski definition) is 3. The summed E-state index contributed by atoms with van der Waals surface area (Å²) in [4.78, 5) is 23.6. The van der Waals surface area contributed by atoms with Crippen LogP contribution in [0.25, 0.3) is 21.5 Å². The van der Waals surface area contributed by atoms with Crippen LogP contribution in [-0.4, -0.2) is 19.0 Å². The molecule has 4 heteroatoms. The highest BCUT2D eigenvalue weighted by molar-refractivity contribution is 6.19. The molecule has 0 aliphatic carbocycles. The summed E-state index contributed by atoms with van der Waals surface area (Å²) in [5.41, 5.74) is 5.86. The number of hydrogen-bond donors (Lipinski definition) is 1. The molecule has 0 unspecified atom stereocenters. The summed E-state index contributed by atoms with van der Waals surface area (Å²) >= 11 is 0. The molecule has 104 valence electrons. The molecule has 0 heterocycles. The third-order valence-corrected chi connectivity index (χ3v) is 3.58. The molecule has 0 aliphatic heterocycles. The van der Waals surface area contributed by atoms with Crippen LogP contribution in [0, 0.1) is 0 Å². The molecule has 3 aromatic carbocycles. The first-order chi connectivity index (χ1) is 10.1. The average Bonchev–Trinajstić information content (AvgIpc) is 2.52. The highest BCUT2D eigenvalue weighted by Crippen LogP contribution is 2.29. The molecular weight excluding hydrogens is 266 g/mol. The van der Waals surface area contributed by atoms with E-state index in [1.54, 1.807) is 6.07 Å². The van der Waals surface area contributed by atoms with E-state index < -0.39 is 11.9 Å². The number of amides is 1. The van der Waals surface area contributed by atoms with Gasteiger partial charge >= 0.3 is 5.97 Å². The second-order valence-electron chi connectivity index (χ2n) is 4.73. The second kappa shape index (κ2) is 4.90. The first kappa shape index (κ1) is 13.1. The summed E-state index contributed by atoms with van der Waals surface area (Å²) in [5.74, 6) is -1.21. The molecule has 0 aliphatic rings. The number of carbonyl (C=O) groups excluding carboxylic acids is 2. The predicted molar refractivity (Wildman–Crippen MR) is 81.3 cm³/mol. The lowest BCUT2D eigenvalue weighted by atomic mass is 9.94. The quantitative estimate of drug-likeness (QED) is 0.579. The lowest BCUT2D eigenvalue weighted by Crippen LogP contribution is -2.17. The Labute approximate surface area is 121 Å². The third-order valence-electron chi connectivity index (χ3n) is 3.58. The second-order valence-corrected chi connectivity index (χ2v) is 4.73. The number of esters is 1.